The SMILES string of the molecule is c1c(C[n+]2ccc(N3CCCC3)cc2)cc(C[n+]2ccc(N3CCCC3)cc2)cc1C[n+]1ccc(N2CCCC2)cc1. The van der Waals surface area contributed by atoms with Crippen LogP contribution in [0, 0.1) is 0 Å². The average molecular weight is 562 g/mol. The van der Waals surface area contributed by atoms with Gasteiger partial charge in [-0.05, 0) is 56.7 Å². The van der Waals surface area contributed by atoms with Crippen molar-refractivity contribution < 1.29 is 13.7 Å². The zero-order chi connectivity index (χ0) is 28.1. The number of rotatable bonds is 9. The zero-order valence-corrected chi connectivity index (χ0v) is 25.0. The van der Waals surface area contributed by atoms with E-state index in [1.165, 1.54) is 112 Å². The molecular formula is C36H45N6+3. The number of benzene rings is 1. The lowest BCUT2D eigenvalue weighted by molar-refractivity contribution is -0.690. The summed E-state index contributed by atoms with van der Waals surface area (Å²) in [6.45, 7) is 9.72. The second-order valence-corrected chi connectivity index (χ2v) is 12.4. The van der Waals surface area contributed by atoms with Crippen LogP contribution in [0.2, 0.25) is 0 Å². The van der Waals surface area contributed by atoms with E-state index in [4.69, 9.17) is 0 Å². The molecule has 0 saturated carbocycles. The van der Waals surface area contributed by atoms with Crippen molar-refractivity contribution in [2.75, 3.05) is 54.0 Å². The Morgan fingerprint density at radius 2 is 0.619 bits per heavy atom. The number of hydrogen-bond donors (Lipinski definition) is 0. The fourth-order valence-corrected chi connectivity index (χ4v) is 6.97. The average Bonchev–Trinajstić information content (AvgIpc) is 3.83. The normalized spacial score (nSPS) is 17.0. The molecule has 7 rings (SSSR count). The van der Waals surface area contributed by atoms with E-state index in [9.17, 15) is 0 Å². The molecule has 0 atom stereocenters. The summed E-state index contributed by atoms with van der Waals surface area (Å²) in [5.41, 5.74) is 8.10. The molecule has 6 nitrogen and oxygen atoms in total. The molecule has 0 spiro atoms. The second kappa shape index (κ2) is 12.5. The summed E-state index contributed by atoms with van der Waals surface area (Å²) < 4.78 is 6.95. The summed E-state index contributed by atoms with van der Waals surface area (Å²) in [6, 6.07) is 20.9. The van der Waals surface area contributed by atoms with Crippen LogP contribution in [0.5, 0.6) is 0 Å². The first-order valence-corrected chi connectivity index (χ1v) is 16.1. The molecule has 216 valence electrons. The van der Waals surface area contributed by atoms with Crippen LogP contribution in [0.15, 0.2) is 91.8 Å². The molecule has 4 aromatic rings. The Morgan fingerprint density at radius 3 is 0.857 bits per heavy atom. The molecule has 0 unspecified atom stereocenters. The molecule has 3 aliphatic heterocycles. The topological polar surface area (TPSA) is 21.4 Å². The largest absolute Gasteiger partial charge is 0.371 e. The van der Waals surface area contributed by atoms with Crippen LogP contribution in [-0.2, 0) is 19.6 Å². The second-order valence-electron chi connectivity index (χ2n) is 12.4. The third kappa shape index (κ3) is 6.43. The Labute approximate surface area is 251 Å². The molecule has 0 amide bonds. The van der Waals surface area contributed by atoms with Gasteiger partial charge in [0.2, 0.25) is 0 Å². The van der Waals surface area contributed by atoms with E-state index in [0.29, 0.717) is 0 Å². The monoisotopic (exact) mass is 561 g/mol. The first-order chi connectivity index (χ1) is 20.7. The van der Waals surface area contributed by atoms with Gasteiger partial charge in [-0.2, -0.15) is 0 Å². The van der Waals surface area contributed by atoms with Gasteiger partial charge in [0, 0.05) is 109 Å². The molecule has 3 fully saturated rings. The van der Waals surface area contributed by atoms with Crippen LogP contribution in [0.4, 0.5) is 17.1 Å². The zero-order valence-electron chi connectivity index (χ0n) is 25.0. The van der Waals surface area contributed by atoms with Crippen molar-refractivity contribution in [3.63, 3.8) is 0 Å². The molecule has 6 heterocycles. The van der Waals surface area contributed by atoms with E-state index in [-0.39, 0.29) is 0 Å². The maximum Gasteiger partial charge on any atom is 0.173 e. The fourth-order valence-electron chi connectivity index (χ4n) is 6.97. The van der Waals surface area contributed by atoms with Gasteiger partial charge >= 0.3 is 0 Å². The maximum atomic E-state index is 2.50. The standard InChI is InChI=1S/C36H45N6/c1-2-14-40(13-1)34-7-19-37(20-8-34)28-31-25-32(29-38-21-9-35(10-22-38)41-15-3-4-16-41)27-33(26-31)30-39-23-11-36(12-24-39)42-17-5-6-18-42/h7-12,19-27H,1-6,13-18,28-30H2/q+3. The highest BCUT2D eigenvalue weighted by Gasteiger charge is 2.18. The van der Waals surface area contributed by atoms with Crippen molar-refractivity contribution in [1.82, 2.24) is 0 Å². The molecule has 3 aromatic heterocycles. The van der Waals surface area contributed by atoms with Gasteiger partial charge in [0.05, 0.1) is 0 Å². The minimum Gasteiger partial charge on any atom is -0.371 e. The number of nitrogens with zero attached hydrogens (tertiary/aromatic N) is 6. The van der Waals surface area contributed by atoms with Gasteiger partial charge in [0.1, 0.15) is 0 Å². The minimum absolute atomic E-state index is 0.873. The van der Waals surface area contributed by atoms with E-state index in [1.54, 1.807) is 0 Å². The molecule has 3 saturated heterocycles. The number of pyridine rings is 3. The predicted molar refractivity (Wildman–Crippen MR) is 168 cm³/mol. The van der Waals surface area contributed by atoms with Crippen LogP contribution in [-0.4, -0.2) is 39.3 Å². The van der Waals surface area contributed by atoms with Gasteiger partial charge in [-0.1, -0.05) is 0 Å². The van der Waals surface area contributed by atoms with Crippen LogP contribution < -0.4 is 28.4 Å². The molecule has 0 aliphatic carbocycles. The quantitative estimate of drug-likeness (QED) is 0.281. The summed E-state index contributed by atoms with van der Waals surface area (Å²) >= 11 is 0. The van der Waals surface area contributed by atoms with Crippen LogP contribution in [0.3, 0.4) is 0 Å². The van der Waals surface area contributed by atoms with Crippen LogP contribution >= 0.6 is 0 Å². The van der Waals surface area contributed by atoms with Crippen LogP contribution in [0.1, 0.15) is 55.2 Å². The summed E-state index contributed by atoms with van der Waals surface area (Å²) in [4.78, 5) is 7.50. The summed E-state index contributed by atoms with van der Waals surface area (Å²) in [7, 11) is 0. The van der Waals surface area contributed by atoms with Gasteiger partial charge in [-0.25, -0.2) is 13.7 Å². The Kier molecular flexibility index (Phi) is 8.03. The molecule has 0 bridgehead atoms. The predicted octanol–water partition coefficient (Wildman–Crippen LogP) is 4.49. The van der Waals surface area contributed by atoms with E-state index >= 15 is 0 Å². The van der Waals surface area contributed by atoms with Gasteiger partial charge in [-0.3, -0.25) is 0 Å². The summed E-state index contributed by atoms with van der Waals surface area (Å²) in [5, 5.41) is 0. The molecule has 3 aliphatic rings. The van der Waals surface area contributed by atoms with Crippen molar-refractivity contribution in [2.45, 2.75) is 58.2 Å². The molecule has 42 heavy (non-hydrogen) atoms. The molecule has 0 radical (unpaired) electrons. The number of hydrogen-bond acceptors (Lipinski definition) is 3. The highest BCUT2D eigenvalue weighted by molar-refractivity contribution is 5.46. The summed E-state index contributed by atoms with van der Waals surface area (Å²) in [6.07, 6.45) is 21.3. The lowest BCUT2D eigenvalue weighted by Crippen LogP contribution is -2.36. The fraction of sp³-hybridized carbons (Fsp3) is 0.417. The van der Waals surface area contributed by atoms with E-state index < -0.39 is 0 Å². The minimum atomic E-state index is 0.873. The molecule has 1 aromatic carbocycles. The van der Waals surface area contributed by atoms with E-state index in [1.807, 2.05) is 0 Å². The lowest BCUT2D eigenvalue weighted by Gasteiger charge is -2.16. The first kappa shape index (κ1) is 26.9. The molecular weight excluding hydrogens is 516 g/mol. The number of anilines is 3. The third-order valence-corrected chi connectivity index (χ3v) is 9.24. The van der Waals surface area contributed by atoms with Gasteiger partial charge in [0.25, 0.3) is 0 Å². The van der Waals surface area contributed by atoms with Gasteiger partial charge < -0.3 is 14.7 Å². The van der Waals surface area contributed by atoms with E-state index in [2.05, 4.69) is 120 Å². The van der Waals surface area contributed by atoms with Crippen molar-refractivity contribution >= 4 is 17.1 Å². The van der Waals surface area contributed by atoms with Crippen molar-refractivity contribution in [1.29, 1.82) is 0 Å². The third-order valence-electron chi connectivity index (χ3n) is 9.24. The van der Waals surface area contributed by atoms with Crippen molar-refractivity contribution in [3.05, 3.63) is 108 Å². The number of aromatic nitrogens is 3. The van der Waals surface area contributed by atoms with Crippen molar-refractivity contribution in [2.24, 2.45) is 0 Å². The Hall–Kier alpha value is -3.93. The highest BCUT2D eigenvalue weighted by atomic mass is 15.2. The maximum absolute atomic E-state index is 2.50. The highest BCUT2D eigenvalue weighted by Crippen LogP contribution is 2.21. The Bertz CT molecular complexity index is 1250. The van der Waals surface area contributed by atoms with Gasteiger partial charge in [-0.15, -0.1) is 0 Å². The van der Waals surface area contributed by atoms with Crippen molar-refractivity contribution in [3.8, 4) is 0 Å². The summed E-state index contributed by atoms with van der Waals surface area (Å²) in [5.74, 6) is 0. The smallest absolute Gasteiger partial charge is 0.173 e. The Morgan fingerprint density at radius 1 is 0.381 bits per heavy atom. The van der Waals surface area contributed by atoms with Gasteiger partial charge in [0.15, 0.2) is 56.8 Å². The van der Waals surface area contributed by atoms with Crippen LogP contribution in [0.25, 0.3) is 0 Å². The first-order valence-electron chi connectivity index (χ1n) is 16.1. The molecule has 6 heteroatoms. The lowest BCUT2D eigenvalue weighted by atomic mass is 10.0. The molecule has 0 N–H and O–H groups in total. The van der Waals surface area contributed by atoms with E-state index in [0.717, 1.165) is 19.6 Å². The Balaban J connectivity index is 1.11.